The lowest BCUT2D eigenvalue weighted by atomic mass is 10.0. The van der Waals surface area contributed by atoms with Crippen LogP contribution in [0.1, 0.15) is 30.0 Å². The Hall–Kier alpha value is -2.21. The standard InChI is InChI=1S/C19H22F3NO2/c1-3-16(23)10-13-7-8-17(18(11-13)24-2)25-12-14-5-4-6-15(9-14)19(20,21)22/h4-9,11,16H,3,10,12,23H2,1-2H3. The maximum absolute atomic E-state index is 12.8. The number of hydrogen-bond donors (Lipinski definition) is 1. The molecule has 0 bridgehead atoms. The Kier molecular flexibility index (Phi) is 6.31. The van der Waals surface area contributed by atoms with Crippen LogP contribution >= 0.6 is 0 Å². The Bertz CT molecular complexity index is 701. The van der Waals surface area contributed by atoms with Crippen LogP contribution < -0.4 is 15.2 Å². The highest BCUT2D eigenvalue weighted by atomic mass is 19.4. The molecule has 0 saturated heterocycles. The molecule has 3 nitrogen and oxygen atoms in total. The van der Waals surface area contributed by atoms with Gasteiger partial charge in [-0.25, -0.2) is 0 Å². The van der Waals surface area contributed by atoms with Crippen LogP contribution in [0.2, 0.25) is 0 Å². The van der Waals surface area contributed by atoms with E-state index in [1.807, 2.05) is 19.1 Å². The number of methoxy groups -OCH3 is 1. The predicted molar refractivity (Wildman–Crippen MR) is 90.7 cm³/mol. The van der Waals surface area contributed by atoms with E-state index in [0.717, 1.165) is 30.5 Å². The van der Waals surface area contributed by atoms with Crippen LogP contribution in [0.15, 0.2) is 42.5 Å². The van der Waals surface area contributed by atoms with E-state index in [1.165, 1.54) is 13.2 Å². The number of ether oxygens (including phenoxy) is 2. The van der Waals surface area contributed by atoms with Crippen LogP contribution in [0.3, 0.4) is 0 Å². The smallest absolute Gasteiger partial charge is 0.416 e. The minimum Gasteiger partial charge on any atom is -0.493 e. The fourth-order valence-electron chi connectivity index (χ4n) is 2.40. The fraction of sp³-hybridized carbons (Fsp3) is 0.368. The first-order valence-corrected chi connectivity index (χ1v) is 8.05. The average molecular weight is 353 g/mol. The highest BCUT2D eigenvalue weighted by Crippen LogP contribution is 2.31. The molecular formula is C19H22F3NO2. The molecule has 136 valence electrons. The first kappa shape index (κ1) is 19.1. The van der Waals surface area contributed by atoms with Crippen molar-refractivity contribution in [3.63, 3.8) is 0 Å². The van der Waals surface area contributed by atoms with Crippen molar-refractivity contribution >= 4 is 0 Å². The molecule has 0 aliphatic heterocycles. The van der Waals surface area contributed by atoms with Crippen LogP contribution in [0.25, 0.3) is 0 Å². The number of rotatable bonds is 7. The van der Waals surface area contributed by atoms with Crippen molar-refractivity contribution < 1.29 is 22.6 Å². The monoisotopic (exact) mass is 353 g/mol. The zero-order valence-corrected chi connectivity index (χ0v) is 14.3. The zero-order valence-electron chi connectivity index (χ0n) is 14.3. The molecule has 0 radical (unpaired) electrons. The summed E-state index contributed by atoms with van der Waals surface area (Å²) in [5.74, 6) is 1.02. The molecule has 2 N–H and O–H groups in total. The van der Waals surface area contributed by atoms with Crippen molar-refractivity contribution in [1.82, 2.24) is 0 Å². The van der Waals surface area contributed by atoms with Crippen molar-refractivity contribution in [3.8, 4) is 11.5 Å². The van der Waals surface area contributed by atoms with Gasteiger partial charge in [-0.05, 0) is 48.2 Å². The SMILES string of the molecule is CCC(N)Cc1ccc(OCc2cccc(C(F)(F)F)c2)c(OC)c1. The van der Waals surface area contributed by atoms with Gasteiger partial charge in [-0.2, -0.15) is 13.2 Å². The Morgan fingerprint density at radius 2 is 1.80 bits per heavy atom. The van der Waals surface area contributed by atoms with Crippen LogP contribution in [-0.2, 0) is 19.2 Å². The molecule has 2 aromatic rings. The van der Waals surface area contributed by atoms with E-state index >= 15 is 0 Å². The summed E-state index contributed by atoms with van der Waals surface area (Å²) in [4.78, 5) is 0. The maximum Gasteiger partial charge on any atom is 0.416 e. The zero-order chi connectivity index (χ0) is 18.4. The molecule has 0 heterocycles. The molecule has 1 atom stereocenters. The molecular weight excluding hydrogens is 331 g/mol. The van der Waals surface area contributed by atoms with Gasteiger partial charge < -0.3 is 15.2 Å². The molecule has 2 rings (SSSR count). The number of hydrogen-bond acceptors (Lipinski definition) is 3. The molecule has 6 heteroatoms. The molecule has 25 heavy (non-hydrogen) atoms. The van der Waals surface area contributed by atoms with E-state index in [2.05, 4.69) is 0 Å². The highest BCUT2D eigenvalue weighted by molar-refractivity contribution is 5.43. The summed E-state index contributed by atoms with van der Waals surface area (Å²) in [6.45, 7) is 2.04. The molecule has 2 aromatic carbocycles. The first-order chi connectivity index (χ1) is 11.8. The number of alkyl halides is 3. The van der Waals surface area contributed by atoms with E-state index < -0.39 is 11.7 Å². The second-order valence-electron chi connectivity index (χ2n) is 5.84. The number of nitrogens with two attached hydrogens (primary N) is 1. The quantitative estimate of drug-likeness (QED) is 0.793. The Morgan fingerprint density at radius 3 is 2.44 bits per heavy atom. The topological polar surface area (TPSA) is 44.5 Å². The molecule has 0 saturated carbocycles. The summed E-state index contributed by atoms with van der Waals surface area (Å²) in [6, 6.07) is 10.6. The van der Waals surface area contributed by atoms with Crippen molar-refractivity contribution in [2.45, 2.75) is 38.6 Å². The fourth-order valence-corrected chi connectivity index (χ4v) is 2.40. The maximum atomic E-state index is 12.8. The Balaban J connectivity index is 2.10. The van der Waals surface area contributed by atoms with Crippen LogP contribution in [-0.4, -0.2) is 13.2 Å². The van der Waals surface area contributed by atoms with Gasteiger partial charge in [0.15, 0.2) is 11.5 Å². The van der Waals surface area contributed by atoms with E-state index in [4.69, 9.17) is 15.2 Å². The molecule has 0 fully saturated rings. The normalized spacial score (nSPS) is 12.7. The minimum atomic E-state index is -4.37. The third-order valence-electron chi connectivity index (χ3n) is 3.90. The second kappa shape index (κ2) is 8.25. The largest absolute Gasteiger partial charge is 0.493 e. The van der Waals surface area contributed by atoms with Crippen LogP contribution in [0.5, 0.6) is 11.5 Å². The summed E-state index contributed by atoms with van der Waals surface area (Å²) in [6.07, 6.45) is -2.77. The van der Waals surface area contributed by atoms with E-state index in [1.54, 1.807) is 12.1 Å². The first-order valence-electron chi connectivity index (χ1n) is 8.05. The molecule has 0 aliphatic rings. The molecule has 1 unspecified atom stereocenters. The summed E-state index contributed by atoms with van der Waals surface area (Å²) in [5, 5.41) is 0. The average Bonchev–Trinajstić information content (AvgIpc) is 2.59. The lowest BCUT2D eigenvalue weighted by molar-refractivity contribution is -0.137. The van der Waals surface area contributed by atoms with Crippen molar-refractivity contribution in [2.24, 2.45) is 5.73 Å². The van der Waals surface area contributed by atoms with Crippen LogP contribution in [0, 0.1) is 0 Å². The lowest BCUT2D eigenvalue weighted by Crippen LogP contribution is -2.21. The summed E-state index contributed by atoms with van der Waals surface area (Å²) < 4.78 is 49.2. The van der Waals surface area contributed by atoms with Gasteiger partial charge in [0.25, 0.3) is 0 Å². The van der Waals surface area contributed by atoms with Gasteiger partial charge in [0, 0.05) is 6.04 Å². The number of benzene rings is 2. The van der Waals surface area contributed by atoms with Crippen molar-refractivity contribution in [3.05, 3.63) is 59.2 Å². The van der Waals surface area contributed by atoms with E-state index in [9.17, 15) is 13.2 Å². The highest BCUT2D eigenvalue weighted by Gasteiger charge is 2.30. The second-order valence-corrected chi connectivity index (χ2v) is 5.84. The van der Waals surface area contributed by atoms with Crippen molar-refractivity contribution in [1.29, 1.82) is 0 Å². The summed E-state index contributed by atoms with van der Waals surface area (Å²) in [7, 11) is 1.52. The molecule has 0 aliphatic carbocycles. The van der Waals surface area contributed by atoms with Gasteiger partial charge in [0.2, 0.25) is 0 Å². The Labute approximate surface area is 145 Å². The molecule has 0 spiro atoms. The Morgan fingerprint density at radius 1 is 1.04 bits per heavy atom. The van der Waals surface area contributed by atoms with Gasteiger partial charge in [0.05, 0.1) is 12.7 Å². The third kappa shape index (κ3) is 5.39. The van der Waals surface area contributed by atoms with Gasteiger partial charge in [-0.3, -0.25) is 0 Å². The number of halogens is 3. The van der Waals surface area contributed by atoms with E-state index in [-0.39, 0.29) is 12.6 Å². The minimum absolute atomic E-state index is 0.0219. The third-order valence-corrected chi connectivity index (χ3v) is 3.90. The van der Waals surface area contributed by atoms with Gasteiger partial charge in [-0.1, -0.05) is 25.1 Å². The predicted octanol–water partition coefficient (Wildman–Crippen LogP) is 4.57. The molecule has 0 amide bonds. The van der Waals surface area contributed by atoms with E-state index in [0.29, 0.717) is 17.1 Å². The summed E-state index contributed by atoms with van der Waals surface area (Å²) >= 11 is 0. The van der Waals surface area contributed by atoms with Crippen LogP contribution in [0.4, 0.5) is 13.2 Å². The molecule has 0 aromatic heterocycles. The van der Waals surface area contributed by atoms with Gasteiger partial charge in [-0.15, -0.1) is 0 Å². The van der Waals surface area contributed by atoms with Gasteiger partial charge >= 0.3 is 6.18 Å². The lowest BCUT2D eigenvalue weighted by Gasteiger charge is -2.14. The van der Waals surface area contributed by atoms with Crippen molar-refractivity contribution in [2.75, 3.05) is 7.11 Å². The van der Waals surface area contributed by atoms with Gasteiger partial charge in [0.1, 0.15) is 6.61 Å². The summed E-state index contributed by atoms with van der Waals surface area (Å²) in [5.41, 5.74) is 6.73.